The highest BCUT2D eigenvalue weighted by Gasteiger charge is 2.19. The molecule has 0 aromatic heterocycles. The molecule has 3 nitrogen and oxygen atoms in total. The molecule has 0 unspecified atom stereocenters. The van der Waals surface area contributed by atoms with E-state index in [1.807, 2.05) is 48.5 Å². The third-order valence-corrected chi connectivity index (χ3v) is 5.48. The van der Waals surface area contributed by atoms with E-state index in [-0.39, 0.29) is 0 Å². The van der Waals surface area contributed by atoms with Crippen LogP contribution in [0, 0.1) is 0 Å². The monoisotopic (exact) mass is 459 g/mol. The van der Waals surface area contributed by atoms with E-state index in [0.29, 0.717) is 0 Å². The van der Waals surface area contributed by atoms with Gasteiger partial charge in [0.1, 0.15) is 11.5 Å². The van der Waals surface area contributed by atoms with Crippen LogP contribution in [0.4, 0.5) is 17.1 Å². The number of rotatable bonds is 6. The lowest BCUT2D eigenvalue weighted by atomic mass is 10.0. The number of hydrogen-bond donors (Lipinski definition) is 0. The van der Waals surface area contributed by atoms with Crippen molar-refractivity contribution in [3.8, 4) is 22.6 Å². The smallest absolute Gasteiger partial charge is 0.142 e. The van der Waals surface area contributed by atoms with E-state index >= 15 is 0 Å². The molecule has 30 heavy (non-hydrogen) atoms. The average molecular weight is 460 g/mol. The van der Waals surface area contributed by atoms with Crippen LogP contribution in [0.3, 0.4) is 0 Å². The van der Waals surface area contributed by atoms with Gasteiger partial charge >= 0.3 is 0 Å². The van der Waals surface area contributed by atoms with Crippen LogP contribution in [0.1, 0.15) is 0 Å². The zero-order valence-electron chi connectivity index (χ0n) is 16.9. The van der Waals surface area contributed by atoms with Gasteiger partial charge in [0.05, 0.1) is 25.6 Å². The highest BCUT2D eigenvalue weighted by molar-refractivity contribution is 9.10. The predicted octanol–water partition coefficient (Wildman–Crippen LogP) is 7.60. The van der Waals surface area contributed by atoms with Gasteiger partial charge in [-0.25, -0.2) is 0 Å². The number of hydrogen-bond acceptors (Lipinski definition) is 3. The topological polar surface area (TPSA) is 21.7 Å². The van der Waals surface area contributed by atoms with E-state index in [1.165, 1.54) is 5.56 Å². The Kier molecular flexibility index (Phi) is 6.05. The van der Waals surface area contributed by atoms with Crippen LogP contribution in [0.15, 0.2) is 102 Å². The summed E-state index contributed by atoms with van der Waals surface area (Å²) in [6.07, 6.45) is 0. The molecular formula is C26H22BrNO2. The van der Waals surface area contributed by atoms with Crippen LogP contribution < -0.4 is 14.4 Å². The minimum Gasteiger partial charge on any atom is -0.495 e. The maximum absolute atomic E-state index is 5.66. The normalized spacial score (nSPS) is 10.5. The van der Waals surface area contributed by atoms with Crippen molar-refractivity contribution < 1.29 is 9.47 Å². The number of anilines is 3. The number of nitrogens with zero attached hydrogens (tertiary/aromatic N) is 1. The van der Waals surface area contributed by atoms with E-state index in [4.69, 9.17) is 9.47 Å². The summed E-state index contributed by atoms with van der Waals surface area (Å²) in [7, 11) is 3.38. The van der Waals surface area contributed by atoms with Gasteiger partial charge in [0.15, 0.2) is 0 Å². The van der Waals surface area contributed by atoms with Crippen molar-refractivity contribution in [2.24, 2.45) is 0 Å². The van der Waals surface area contributed by atoms with Crippen molar-refractivity contribution in [1.82, 2.24) is 0 Å². The Bertz CT molecular complexity index is 1080. The van der Waals surface area contributed by atoms with Gasteiger partial charge in [-0.15, -0.1) is 0 Å². The summed E-state index contributed by atoms with van der Waals surface area (Å²) in [5.74, 6) is 1.58. The molecule has 0 aliphatic heterocycles. The first kappa shape index (κ1) is 20.0. The molecular weight excluding hydrogens is 438 g/mol. The van der Waals surface area contributed by atoms with Crippen LogP contribution in [-0.2, 0) is 0 Å². The molecule has 0 radical (unpaired) electrons. The summed E-state index contributed by atoms with van der Waals surface area (Å²) in [6, 6.07) is 32.8. The third-order valence-electron chi connectivity index (χ3n) is 4.96. The molecule has 0 spiro atoms. The molecule has 4 heteroatoms. The van der Waals surface area contributed by atoms with E-state index in [2.05, 4.69) is 69.4 Å². The quantitative estimate of drug-likeness (QED) is 0.296. The molecule has 0 saturated carbocycles. The van der Waals surface area contributed by atoms with Crippen LogP contribution in [0.5, 0.6) is 11.5 Å². The van der Waals surface area contributed by atoms with Gasteiger partial charge in [0.25, 0.3) is 0 Å². The Labute approximate surface area is 185 Å². The molecule has 0 saturated heterocycles. The third kappa shape index (κ3) is 4.05. The summed E-state index contributed by atoms with van der Waals surface area (Å²) in [6.45, 7) is 0. The second-order valence-corrected chi connectivity index (χ2v) is 7.65. The Morgan fingerprint density at radius 1 is 0.567 bits per heavy atom. The Hall–Kier alpha value is -3.24. The lowest BCUT2D eigenvalue weighted by Crippen LogP contribution is -2.12. The molecule has 0 fully saturated rings. The molecule has 0 aliphatic carbocycles. The van der Waals surface area contributed by atoms with Gasteiger partial charge in [0.2, 0.25) is 0 Å². The first-order valence-electron chi connectivity index (χ1n) is 9.63. The number of methoxy groups -OCH3 is 2. The van der Waals surface area contributed by atoms with Crippen LogP contribution >= 0.6 is 15.9 Å². The molecule has 0 N–H and O–H groups in total. The number of para-hydroxylation sites is 4. The van der Waals surface area contributed by atoms with Crippen molar-refractivity contribution in [3.63, 3.8) is 0 Å². The first-order valence-corrected chi connectivity index (χ1v) is 10.4. The molecule has 150 valence electrons. The van der Waals surface area contributed by atoms with E-state index in [1.54, 1.807) is 14.2 Å². The van der Waals surface area contributed by atoms with Gasteiger partial charge in [-0.1, -0.05) is 64.5 Å². The summed E-state index contributed by atoms with van der Waals surface area (Å²) < 4.78 is 12.4. The summed E-state index contributed by atoms with van der Waals surface area (Å²) in [5, 5.41) is 0. The first-order chi connectivity index (χ1) is 14.7. The van der Waals surface area contributed by atoms with Gasteiger partial charge in [-0.3, -0.25) is 0 Å². The van der Waals surface area contributed by atoms with E-state index in [0.717, 1.165) is 38.6 Å². The molecule has 4 rings (SSSR count). The average Bonchev–Trinajstić information content (AvgIpc) is 2.81. The second-order valence-electron chi connectivity index (χ2n) is 6.73. The minimum atomic E-state index is 0.792. The molecule has 0 amide bonds. The number of benzene rings is 4. The van der Waals surface area contributed by atoms with Crippen LogP contribution in [0.2, 0.25) is 0 Å². The van der Waals surface area contributed by atoms with Crippen LogP contribution in [-0.4, -0.2) is 14.2 Å². The second kappa shape index (κ2) is 9.06. The van der Waals surface area contributed by atoms with Crippen molar-refractivity contribution in [2.75, 3.05) is 19.1 Å². The van der Waals surface area contributed by atoms with Crippen molar-refractivity contribution in [2.45, 2.75) is 0 Å². The predicted molar refractivity (Wildman–Crippen MR) is 127 cm³/mol. The van der Waals surface area contributed by atoms with Crippen molar-refractivity contribution >= 4 is 33.0 Å². The molecule has 0 aliphatic rings. The summed E-state index contributed by atoms with van der Waals surface area (Å²) in [5.41, 5.74) is 5.24. The largest absolute Gasteiger partial charge is 0.495 e. The fourth-order valence-electron chi connectivity index (χ4n) is 3.48. The SMILES string of the molecule is COc1ccccc1N(c1ccc(-c2ccc(Br)cc2)cc1)c1ccccc1OC. The Morgan fingerprint density at radius 2 is 1.00 bits per heavy atom. The lowest BCUT2D eigenvalue weighted by molar-refractivity contribution is 0.412. The number of ether oxygens (including phenoxy) is 2. The van der Waals surface area contributed by atoms with Gasteiger partial charge in [-0.05, 0) is 59.7 Å². The Morgan fingerprint density at radius 3 is 1.47 bits per heavy atom. The standard InChI is InChI=1S/C26H22BrNO2/c1-29-25-9-5-3-7-23(25)28(24-8-4-6-10-26(24)30-2)22-17-13-20(14-18-22)19-11-15-21(27)16-12-19/h3-18H,1-2H3. The zero-order chi connectivity index (χ0) is 20.9. The molecule has 0 atom stereocenters. The van der Waals surface area contributed by atoms with Gasteiger partial charge < -0.3 is 14.4 Å². The summed E-state index contributed by atoms with van der Waals surface area (Å²) >= 11 is 3.50. The fraction of sp³-hybridized carbons (Fsp3) is 0.0769. The van der Waals surface area contributed by atoms with E-state index in [9.17, 15) is 0 Å². The lowest BCUT2D eigenvalue weighted by Gasteiger charge is -2.28. The van der Waals surface area contributed by atoms with E-state index < -0.39 is 0 Å². The van der Waals surface area contributed by atoms with Gasteiger partial charge in [0, 0.05) is 10.2 Å². The zero-order valence-corrected chi connectivity index (χ0v) is 18.5. The Balaban J connectivity index is 1.83. The number of halogens is 1. The molecule has 4 aromatic carbocycles. The highest BCUT2D eigenvalue weighted by atomic mass is 79.9. The molecule has 0 bridgehead atoms. The molecule has 4 aromatic rings. The molecule has 0 heterocycles. The van der Waals surface area contributed by atoms with Crippen LogP contribution in [0.25, 0.3) is 11.1 Å². The fourth-order valence-corrected chi connectivity index (χ4v) is 3.75. The minimum absolute atomic E-state index is 0.792. The maximum Gasteiger partial charge on any atom is 0.142 e. The highest BCUT2D eigenvalue weighted by Crippen LogP contribution is 2.44. The van der Waals surface area contributed by atoms with Gasteiger partial charge in [-0.2, -0.15) is 0 Å². The van der Waals surface area contributed by atoms with Crippen molar-refractivity contribution in [3.05, 3.63) is 102 Å². The summed E-state index contributed by atoms with van der Waals surface area (Å²) in [4.78, 5) is 2.16. The maximum atomic E-state index is 5.66. The van der Waals surface area contributed by atoms with Crippen molar-refractivity contribution in [1.29, 1.82) is 0 Å².